The minimum absolute atomic E-state index is 0.214. The highest BCUT2D eigenvalue weighted by atomic mass is 19.1. The standard InChI is InChI=1S/C18H20FNO/c1-20-12-6-7-13(20)11-18(21,10-12)16-8-9-17(19)15-5-3-2-4-14(15)16/h2-5,8-9,12-13,21H,6-7,10-11H2,1H3. The van der Waals surface area contributed by atoms with Crippen molar-refractivity contribution in [2.75, 3.05) is 7.05 Å². The predicted octanol–water partition coefficient (Wildman–Crippen LogP) is 3.42. The van der Waals surface area contributed by atoms with Crippen molar-refractivity contribution in [3.8, 4) is 0 Å². The number of halogens is 1. The Balaban J connectivity index is 1.85. The molecule has 2 aliphatic rings. The predicted molar refractivity (Wildman–Crippen MR) is 81.6 cm³/mol. The molecule has 4 rings (SSSR count). The van der Waals surface area contributed by atoms with Crippen LogP contribution in [-0.2, 0) is 5.60 Å². The molecule has 21 heavy (non-hydrogen) atoms. The number of piperidine rings is 1. The average Bonchev–Trinajstić information content (AvgIpc) is 2.71. The number of hydrogen-bond donors (Lipinski definition) is 1. The van der Waals surface area contributed by atoms with Crippen molar-refractivity contribution < 1.29 is 9.50 Å². The maximum atomic E-state index is 14.0. The smallest absolute Gasteiger partial charge is 0.131 e. The second kappa shape index (κ2) is 4.52. The van der Waals surface area contributed by atoms with Gasteiger partial charge < -0.3 is 10.0 Å². The zero-order valence-electron chi connectivity index (χ0n) is 12.2. The van der Waals surface area contributed by atoms with E-state index in [0.29, 0.717) is 17.5 Å². The highest BCUT2D eigenvalue weighted by Gasteiger charge is 2.47. The molecule has 2 aromatic carbocycles. The molecule has 2 unspecified atom stereocenters. The van der Waals surface area contributed by atoms with Crippen LogP contribution in [0.1, 0.15) is 31.2 Å². The monoisotopic (exact) mass is 285 g/mol. The highest BCUT2D eigenvalue weighted by molar-refractivity contribution is 5.87. The molecule has 2 saturated heterocycles. The number of aliphatic hydroxyl groups is 1. The third-order valence-corrected chi connectivity index (χ3v) is 5.50. The Labute approximate surface area is 124 Å². The van der Waals surface area contributed by atoms with Crippen LogP contribution in [0, 0.1) is 5.82 Å². The zero-order valence-corrected chi connectivity index (χ0v) is 12.2. The molecule has 2 aliphatic heterocycles. The van der Waals surface area contributed by atoms with E-state index >= 15 is 0 Å². The molecule has 2 aromatic rings. The summed E-state index contributed by atoms with van der Waals surface area (Å²) >= 11 is 0. The van der Waals surface area contributed by atoms with E-state index in [2.05, 4.69) is 11.9 Å². The first-order valence-electron chi connectivity index (χ1n) is 7.70. The van der Waals surface area contributed by atoms with E-state index < -0.39 is 5.60 Å². The lowest BCUT2D eigenvalue weighted by molar-refractivity contribution is -0.0482. The van der Waals surface area contributed by atoms with E-state index in [0.717, 1.165) is 36.6 Å². The Kier molecular flexibility index (Phi) is 2.85. The third kappa shape index (κ3) is 1.91. The first kappa shape index (κ1) is 13.2. The van der Waals surface area contributed by atoms with Crippen LogP contribution >= 0.6 is 0 Å². The van der Waals surface area contributed by atoms with Crippen molar-refractivity contribution in [3.05, 3.63) is 47.8 Å². The van der Waals surface area contributed by atoms with E-state index in [4.69, 9.17) is 0 Å². The van der Waals surface area contributed by atoms with Crippen molar-refractivity contribution in [3.63, 3.8) is 0 Å². The van der Waals surface area contributed by atoms with Crippen LogP contribution < -0.4 is 0 Å². The molecule has 2 atom stereocenters. The number of rotatable bonds is 1. The molecule has 2 heterocycles. The van der Waals surface area contributed by atoms with Gasteiger partial charge in [0.1, 0.15) is 5.82 Å². The van der Waals surface area contributed by atoms with Gasteiger partial charge in [-0.05, 0) is 49.7 Å². The van der Waals surface area contributed by atoms with Gasteiger partial charge in [0.2, 0.25) is 0 Å². The van der Waals surface area contributed by atoms with Gasteiger partial charge >= 0.3 is 0 Å². The lowest BCUT2D eigenvalue weighted by Crippen LogP contribution is -2.47. The summed E-state index contributed by atoms with van der Waals surface area (Å²) in [6.45, 7) is 0. The topological polar surface area (TPSA) is 23.5 Å². The molecule has 0 saturated carbocycles. The summed E-state index contributed by atoms with van der Waals surface area (Å²) in [5.74, 6) is -0.214. The molecule has 0 aromatic heterocycles. The van der Waals surface area contributed by atoms with E-state index in [1.54, 1.807) is 12.1 Å². The maximum absolute atomic E-state index is 14.0. The maximum Gasteiger partial charge on any atom is 0.131 e. The zero-order chi connectivity index (χ0) is 14.6. The fourth-order valence-corrected chi connectivity index (χ4v) is 4.33. The van der Waals surface area contributed by atoms with E-state index in [-0.39, 0.29) is 5.82 Å². The summed E-state index contributed by atoms with van der Waals surface area (Å²) in [7, 11) is 2.16. The summed E-state index contributed by atoms with van der Waals surface area (Å²) < 4.78 is 14.0. The summed E-state index contributed by atoms with van der Waals surface area (Å²) in [4.78, 5) is 2.40. The third-order valence-electron chi connectivity index (χ3n) is 5.50. The minimum Gasteiger partial charge on any atom is -0.385 e. The van der Waals surface area contributed by atoms with Crippen molar-refractivity contribution in [1.82, 2.24) is 4.90 Å². The van der Waals surface area contributed by atoms with E-state index in [9.17, 15) is 9.50 Å². The Morgan fingerprint density at radius 1 is 1.05 bits per heavy atom. The summed E-state index contributed by atoms with van der Waals surface area (Å²) in [5.41, 5.74) is 0.0653. The van der Waals surface area contributed by atoms with Crippen molar-refractivity contribution in [2.45, 2.75) is 43.4 Å². The van der Waals surface area contributed by atoms with Gasteiger partial charge in [-0.25, -0.2) is 4.39 Å². The van der Waals surface area contributed by atoms with Crippen LogP contribution in [0.25, 0.3) is 10.8 Å². The van der Waals surface area contributed by atoms with Crippen molar-refractivity contribution in [2.24, 2.45) is 0 Å². The molecule has 0 aliphatic carbocycles. The Morgan fingerprint density at radius 2 is 1.67 bits per heavy atom. The van der Waals surface area contributed by atoms with Gasteiger partial charge in [-0.15, -0.1) is 0 Å². The molecule has 2 nitrogen and oxygen atoms in total. The van der Waals surface area contributed by atoms with Crippen molar-refractivity contribution in [1.29, 1.82) is 0 Å². The normalized spacial score (nSPS) is 32.7. The quantitative estimate of drug-likeness (QED) is 0.868. The SMILES string of the molecule is CN1C2CCC1CC(O)(c1ccc(F)c3ccccc13)C2. The van der Waals surface area contributed by atoms with Crippen LogP contribution in [0.4, 0.5) is 4.39 Å². The lowest BCUT2D eigenvalue weighted by atomic mass is 9.79. The van der Waals surface area contributed by atoms with Gasteiger partial charge in [0.15, 0.2) is 0 Å². The molecule has 2 bridgehead atoms. The summed E-state index contributed by atoms with van der Waals surface area (Å²) in [5, 5.41) is 12.7. The van der Waals surface area contributed by atoms with Crippen LogP contribution in [0.3, 0.4) is 0 Å². The Morgan fingerprint density at radius 3 is 2.33 bits per heavy atom. The largest absolute Gasteiger partial charge is 0.385 e. The number of benzene rings is 2. The molecule has 0 spiro atoms. The van der Waals surface area contributed by atoms with Crippen LogP contribution in [0.15, 0.2) is 36.4 Å². The molecule has 2 fully saturated rings. The van der Waals surface area contributed by atoms with E-state index in [1.165, 1.54) is 6.07 Å². The van der Waals surface area contributed by atoms with Crippen molar-refractivity contribution >= 4 is 10.8 Å². The molecular weight excluding hydrogens is 265 g/mol. The number of nitrogens with zero attached hydrogens (tertiary/aromatic N) is 1. The molecule has 110 valence electrons. The molecule has 0 amide bonds. The molecule has 3 heteroatoms. The van der Waals surface area contributed by atoms with Gasteiger partial charge in [-0.2, -0.15) is 0 Å². The molecule has 0 radical (unpaired) electrons. The average molecular weight is 285 g/mol. The minimum atomic E-state index is -0.828. The highest BCUT2D eigenvalue weighted by Crippen LogP contribution is 2.46. The lowest BCUT2D eigenvalue weighted by Gasteiger charge is -2.42. The number of fused-ring (bicyclic) bond motifs is 3. The summed E-state index contributed by atoms with van der Waals surface area (Å²) in [6, 6.07) is 11.6. The first-order chi connectivity index (χ1) is 10.1. The second-order valence-corrected chi connectivity index (χ2v) is 6.63. The number of hydrogen-bond acceptors (Lipinski definition) is 2. The van der Waals surface area contributed by atoms with Crippen LogP contribution in [-0.4, -0.2) is 29.1 Å². The van der Waals surface area contributed by atoms with Gasteiger partial charge in [0.05, 0.1) is 5.60 Å². The Hall–Kier alpha value is -1.45. The van der Waals surface area contributed by atoms with Crippen LogP contribution in [0.2, 0.25) is 0 Å². The molecule has 1 N–H and O–H groups in total. The van der Waals surface area contributed by atoms with E-state index in [1.807, 2.05) is 18.2 Å². The first-order valence-corrected chi connectivity index (χ1v) is 7.70. The fraction of sp³-hybridized carbons (Fsp3) is 0.444. The van der Waals surface area contributed by atoms with Gasteiger partial charge in [0, 0.05) is 17.5 Å². The van der Waals surface area contributed by atoms with Gasteiger partial charge in [0.25, 0.3) is 0 Å². The Bertz CT molecular complexity index is 685. The van der Waals surface area contributed by atoms with Gasteiger partial charge in [-0.1, -0.05) is 30.3 Å². The van der Waals surface area contributed by atoms with Gasteiger partial charge in [-0.3, -0.25) is 0 Å². The fourth-order valence-electron chi connectivity index (χ4n) is 4.33. The van der Waals surface area contributed by atoms with Crippen LogP contribution in [0.5, 0.6) is 0 Å². The second-order valence-electron chi connectivity index (χ2n) is 6.63. The summed E-state index contributed by atoms with van der Waals surface area (Å²) in [6.07, 6.45) is 3.80. The molecular formula is C18H20FNO.